The Kier molecular flexibility index (Phi) is 6.38. The first-order valence-corrected chi connectivity index (χ1v) is 8.03. The molecule has 0 bridgehead atoms. The Hall–Kier alpha value is -0.190. The minimum absolute atomic E-state index is 0.205. The van der Waals surface area contributed by atoms with Crippen LogP contribution >= 0.6 is 21.6 Å². The van der Waals surface area contributed by atoms with Gasteiger partial charge in [-0.1, -0.05) is 16.9 Å². The molecule has 1 aromatic heterocycles. The number of pyridine rings is 1. The molecule has 0 spiro atoms. The highest BCUT2D eigenvalue weighted by Gasteiger charge is 2.19. The van der Waals surface area contributed by atoms with Gasteiger partial charge in [0.1, 0.15) is 5.03 Å². The Morgan fingerprint density at radius 3 is 2.71 bits per heavy atom. The van der Waals surface area contributed by atoms with Gasteiger partial charge in [-0.2, -0.15) is 0 Å². The fourth-order valence-electron chi connectivity index (χ4n) is 1.13. The lowest BCUT2D eigenvalue weighted by Gasteiger charge is -2.23. The van der Waals surface area contributed by atoms with Gasteiger partial charge in [0.2, 0.25) is 0 Å². The van der Waals surface area contributed by atoms with E-state index in [9.17, 15) is 0 Å². The molecule has 0 saturated carbocycles. The van der Waals surface area contributed by atoms with Gasteiger partial charge in [-0.25, -0.2) is 4.98 Å². The highest BCUT2D eigenvalue weighted by molar-refractivity contribution is 8.77. The van der Waals surface area contributed by atoms with Crippen molar-refractivity contribution in [3.05, 3.63) is 24.4 Å². The highest BCUT2D eigenvalue weighted by Crippen LogP contribution is 2.41. The molecule has 0 aliphatic rings. The van der Waals surface area contributed by atoms with Crippen molar-refractivity contribution < 1.29 is 4.74 Å². The van der Waals surface area contributed by atoms with Gasteiger partial charge in [0.05, 0.1) is 6.10 Å². The molecular weight excluding hydrogens is 250 g/mol. The van der Waals surface area contributed by atoms with Gasteiger partial charge >= 0.3 is 0 Å². The largest absolute Gasteiger partial charge is 0.379 e. The average Bonchev–Trinajstić information content (AvgIpc) is 2.27. The molecule has 0 N–H and O–H groups in total. The monoisotopic (exact) mass is 271 g/mol. The second-order valence-electron chi connectivity index (χ2n) is 4.76. The van der Waals surface area contributed by atoms with E-state index >= 15 is 0 Å². The van der Waals surface area contributed by atoms with Crippen LogP contribution in [-0.2, 0) is 4.74 Å². The Labute approximate surface area is 112 Å². The minimum Gasteiger partial charge on any atom is -0.379 e. The van der Waals surface area contributed by atoms with Crippen LogP contribution in [0.5, 0.6) is 0 Å². The van der Waals surface area contributed by atoms with E-state index in [0.29, 0.717) is 6.10 Å². The number of nitrogens with zero attached hydrogens (tertiary/aromatic N) is 1. The van der Waals surface area contributed by atoms with Crippen LogP contribution in [0.4, 0.5) is 0 Å². The molecule has 0 amide bonds. The van der Waals surface area contributed by atoms with Crippen molar-refractivity contribution in [3.8, 4) is 0 Å². The molecular formula is C13H21NOS2. The summed E-state index contributed by atoms with van der Waals surface area (Å²) in [5, 5.41) is 1.07. The van der Waals surface area contributed by atoms with Crippen LogP contribution in [0.2, 0.25) is 0 Å². The van der Waals surface area contributed by atoms with Crippen LogP contribution in [0.1, 0.15) is 34.1 Å². The lowest BCUT2D eigenvalue weighted by atomic mass is 10.1. The van der Waals surface area contributed by atoms with Gasteiger partial charge in [-0.05, 0) is 57.0 Å². The molecule has 1 aromatic rings. The van der Waals surface area contributed by atoms with E-state index in [1.807, 2.05) is 35.2 Å². The van der Waals surface area contributed by atoms with Crippen LogP contribution < -0.4 is 0 Å². The quantitative estimate of drug-likeness (QED) is 0.685. The van der Waals surface area contributed by atoms with Crippen LogP contribution in [0.3, 0.4) is 0 Å². The molecule has 0 aromatic carbocycles. The number of rotatable bonds is 7. The van der Waals surface area contributed by atoms with Crippen molar-refractivity contribution >= 4 is 21.6 Å². The first-order chi connectivity index (χ1) is 7.99. The van der Waals surface area contributed by atoms with E-state index in [-0.39, 0.29) is 4.75 Å². The summed E-state index contributed by atoms with van der Waals surface area (Å²) in [5.74, 6) is 0. The van der Waals surface area contributed by atoms with Crippen LogP contribution in [0, 0.1) is 0 Å². The molecule has 0 radical (unpaired) electrons. The SMILES string of the molecule is CC(C)OCCC(C)(C)SSc1ccccn1. The number of aromatic nitrogens is 1. The standard InChI is InChI=1S/C13H21NOS2/c1-11(2)15-10-8-13(3,4)17-16-12-7-5-6-9-14-12/h5-7,9,11H,8,10H2,1-4H3. The Balaban J connectivity index is 2.29. The summed E-state index contributed by atoms with van der Waals surface area (Å²) in [5.41, 5.74) is 0. The van der Waals surface area contributed by atoms with E-state index in [0.717, 1.165) is 18.1 Å². The molecule has 96 valence electrons. The molecule has 1 heterocycles. The van der Waals surface area contributed by atoms with E-state index in [2.05, 4.69) is 32.7 Å². The number of hydrogen-bond acceptors (Lipinski definition) is 4. The first-order valence-electron chi connectivity index (χ1n) is 5.88. The predicted molar refractivity (Wildman–Crippen MR) is 77.5 cm³/mol. The molecule has 0 fully saturated rings. The zero-order valence-corrected chi connectivity index (χ0v) is 12.6. The summed E-state index contributed by atoms with van der Waals surface area (Å²) >= 11 is 0. The van der Waals surface area contributed by atoms with Crippen LogP contribution in [0.15, 0.2) is 29.4 Å². The van der Waals surface area contributed by atoms with E-state index in [1.165, 1.54) is 0 Å². The summed E-state index contributed by atoms with van der Waals surface area (Å²) in [6, 6.07) is 6.00. The number of ether oxygens (including phenoxy) is 1. The van der Waals surface area contributed by atoms with Gasteiger partial charge < -0.3 is 4.74 Å². The van der Waals surface area contributed by atoms with Crippen molar-refractivity contribution in [2.45, 2.75) is 50.0 Å². The third kappa shape index (κ3) is 6.96. The lowest BCUT2D eigenvalue weighted by Crippen LogP contribution is -2.18. The zero-order valence-electron chi connectivity index (χ0n) is 11.0. The molecule has 17 heavy (non-hydrogen) atoms. The Morgan fingerprint density at radius 2 is 2.12 bits per heavy atom. The molecule has 1 rings (SSSR count). The zero-order chi connectivity index (χ0) is 12.7. The molecule has 0 aliphatic carbocycles. The third-order valence-electron chi connectivity index (χ3n) is 2.15. The maximum absolute atomic E-state index is 5.59. The molecule has 4 heteroatoms. The van der Waals surface area contributed by atoms with Gasteiger partial charge in [0.15, 0.2) is 0 Å². The topological polar surface area (TPSA) is 22.1 Å². The van der Waals surface area contributed by atoms with Crippen molar-refractivity contribution in [2.75, 3.05) is 6.61 Å². The first kappa shape index (κ1) is 14.9. The molecule has 0 saturated heterocycles. The van der Waals surface area contributed by atoms with Crippen LogP contribution in [0.25, 0.3) is 0 Å². The van der Waals surface area contributed by atoms with E-state index < -0.39 is 0 Å². The Bertz CT molecular complexity index is 314. The fraction of sp³-hybridized carbons (Fsp3) is 0.615. The highest BCUT2D eigenvalue weighted by atomic mass is 33.1. The molecule has 0 aliphatic heterocycles. The van der Waals surface area contributed by atoms with Crippen molar-refractivity contribution in [1.82, 2.24) is 4.98 Å². The fourth-order valence-corrected chi connectivity index (χ4v) is 3.33. The second-order valence-corrected chi connectivity index (χ2v) is 7.62. The molecule has 2 nitrogen and oxygen atoms in total. The third-order valence-corrected chi connectivity index (χ3v) is 5.41. The van der Waals surface area contributed by atoms with Crippen molar-refractivity contribution in [3.63, 3.8) is 0 Å². The normalized spacial score (nSPS) is 12.1. The van der Waals surface area contributed by atoms with Gasteiger partial charge in [0.25, 0.3) is 0 Å². The van der Waals surface area contributed by atoms with Gasteiger partial charge in [-0.15, -0.1) is 0 Å². The Morgan fingerprint density at radius 1 is 1.35 bits per heavy atom. The summed E-state index contributed by atoms with van der Waals surface area (Å²) in [6.07, 6.45) is 3.20. The van der Waals surface area contributed by atoms with Gasteiger partial charge in [0, 0.05) is 17.6 Å². The van der Waals surface area contributed by atoms with E-state index in [4.69, 9.17) is 4.74 Å². The number of hydrogen-bond donors (Lipinski definition) is 0. The molecule has 0 atom stereocenters. The summed E-state index contributed by atoms with van der Waals surface area (Å²) in [7, 11) is 3.59. The smallest absolute Gasteiger partial charge is 0.106 e. The van der Waals surface area contributed by atoms with Crippen LogP contribution in [-0.4, -0.2) is 22.4 Å². The van der Waals surface area contributed by atoms with Crippen molar-refractivity contribution in [1.29, 1.82) is 0 Å². The maximum Gasteiger partial charge on any atom is 0.106 e. The van der Waals surface area contributed by atoms with E-state index in [1.54, 1.807) is 10.8 Å². The maximum atomic E-state index is 5.59. The molecule has 0 unspecified atom stereocenters. The van der Waals surface area contributed by atoms with Gasteiger partial charge in [-0.3, -0.25) is 0 Å². The van der Waals surface area contributed by atoms with Crippen molar-refractivity contribution in [2.24, 2.45) is 0 Å². The summed E-state index contributed by atoms with van der Waals surface area (Å²) in [4.78, 5) is 4.30. The average molecular weight is 271 g/mol. The summed E-state index contributed by atoms with van der Waals surface area (Å²) < 4.78 is 5.80. The predicted octanol–water partition coefficient (Wildman–Crippen LogP) is 4.42. The lowest BCUT2D eigenvalue weighted by molar-refractivity contribution is 0.0734. The second kappa shape index (κ2) is 7.29. The summed E-state index contributed by atoms with van der Waals surface area (Å²) in [6.45, 7) is 9.46. The minimum atomic E-state index is 0.205.